The van der Waals surface area contributed by atoms with Crippen molar-refractivity contribution in [1.29, 1.82) is 0 Å². The summed E-state index contributed by atoms with van der Waals surface area (Å²) in [5.41, 5.74) is 0. The number of ether oxygens (including phenoxy) is 2. The monoisotopic (exact) mass is 700 g/mol. The molecule has 0 rings (SSSR count). The first-order valence-electron chi connectivity index (χ1n) is 18.1. The van der Waals surface area contributed by atoms with Crippen molar-refractivity contribution in [3.8, 4) is 0 Å². The standard InChI is InChI=1S/C37H65O10P/c1-3-5-7-9-11-13-15-16-17-18-19-21-22-24-26-28-36(40)44-32-35(33-46-48(42,43)45-31-34(39)30-38)47-37(41)29-27-25-23-20-14-12-10-8-6-4-2/h5,7,11,13,16-17,19,21,34-35,38-39H,3-4,6,8-10,12,14-15,18,20,22-33H2,1-2H3,(H,42,43)/b7-5-,13-11-,17-16-,21-19-/t34-,35+/m0/s1. The SMILES string of the molecule is CC/C=C\C/C=C\C/C=C\C/C=C\CCCCC(=O)OC[C@H](COP(=O)(O)OC[C@@H](O)CO)OC(=O)CCCCCCCCCCCC. The molecule has 0 radical (unpaired) electrons. The van der Waals surface area contributed by atoms with Gasteiger partial charge in [-0.25, -0.2) is 4.57 Å². The van der Waals surface area contributed by atoms with Crippen LogP contribution in [0.15, 0.2) is 48.6 Å². The van der Waals surface area contributed by atoms with Crippen molar-refractivity contribution >= 4 is 19.8 Å². The van der Waals surface area contributed by atoms with Gasteiger partial charge in [0.05, 0.1) is 19.8 Å². The molecule has 48 heavy (non-hydrogen) atoms. The average molecular weight is 701 g/mol. The van der Waals surface area contributed by atoms with E-state index in [2.05, 4.69) is 67.0 Å². The van der Waals surface area contributed by atoms with E-state index in [0.29, 0.717) is 12.8 Å². The number of rotatable bonds is 33. The zero-order valence-electron chi connectivity index (χ0n) is 29.7. The molecule has 0 aliphatic carbocycles. The van der Waals surface area contributed by atoms with Crippen LogP contribution >= 0.6 is 7.82 Å². The van der Waals surface area contributed by atoms with Crippen LogP contribution in [0.5, 0.6) is 0 Å². The molecule has 3 N–H and O–H groups in total. The number of esters is 2. The van der Waals surface area contributed by atoms with Crippen LogP contribution in [0.4, 0.5) is 0 Å². The van der Waals surface area contributed by atoms with Gasteiger partial charge in [-0.3, -0.25) is 18.6 Å². The van der Waals surface area contributed by atoms with E-state index in [1.54, 1.807) is 0 Å². The zero-order valence-corrected chi connectivity index (χ0v) is 30.6. The third-order valence-corrected chi connectivity index (χ3v) is 8.20. The highest BCUT2D eigenvalue weighted by molar-refractivity contribution is 7.47. The second-order valence-electron chi connectivity index (χ2n) is 11.9. The Morgan fingerprint density at radius 2 is 1.15 bits per heavy atom. The number of phosphoric ester groups is 1. The molecule has 0 fully saturated rings. The number of carbonyl (C=O) groups excluding carboxylic acids is 2. The van der Waals surface area contributed by atoms with Crippen LogP contribution < -0.4 is 0 Å². The van der Waals surface area contributed by atoms with E-state index in [0.717, 1.165) is 57.8 Å². The molecule has 0 saturated carbocycles. The number of allylic oxidation sites excluding steroid dienone is 8. The maximum absolute atomic E-state index is 12.5. The van der Waals surface area contributed by atoms with Gasteiger partial charge in [-0.05, 0) is 51.4 Å². The minimum Gasteiger partial charge on any atom is -0.462 e. The Hall–Kier alpha value is -2.07. The molecule has 10 nitrogen and oxygen atoms in total. The molecule has 0 aliphatic rings. The number of aliphatic hydroxyl groups excluding tert-OH is 2. The van der Waals surface area contributed by atoms with Crippen molar-refractivity contribution < 1.29 is 47.8 Å². The number of hydrogen-bond donors (Lipinski definition) is 3. The predicted molar refractivity (Wildman–Crippen MR) is 191 cm³/mol. The lowest BCUT2D eigenvalue weighted by Gasteiger charge is -2.20. The molecule has 0 saturated heterocycles. The molecule has 0 aromatic heterocycles. The Balaban J connectivity index is 4.46. The van der Waals surface area contributed by atoms with Gasteiger partial charge < -0.3 is 24.6 Å². The molecule has 0 amide bonds. The van der Waals surface area contributed by atoms with Crippen molar-refractivity contribution in [2.75, 3.05) is 26.4 Å². The summed E-state index contributed by atoms with van der Waals surface area (Å²) in [6.45, 7) is 2.17. The third-order valence-electron chi connectivity index (χ3n) is 7.25. The zero-order chi connectivity index (χ0) is 35.6. The smallest absolute Gasteiger partial charge is 0.462 e. The molecular weight excluding hydrogens is 635 g/mol. The number of unbranched alkanes of at least 4 members (excludes halogenated alkanes) is 11. The summed E-state index contributed by atoms with van der Waals surface area (Å²) in [5.74, 6) is -0.980. The number of phosphoric acid groups is 1. The van der Waals surface area contributed by atoms with Crippen LogP contribution in [-0.2, 0) is 32.7 Å². The molecule has 11 heteroatoms. The largest absolute Gasteiger partial charge is 0.472 e. The summed E-state index contributed by atoms with van der Waals surface area (Å²) in [6, 6.07) is 0. The first kappa shape index (κ1) is 45.9. The second kappa shape index (κ2) is 33.4. The number of hydrogen-bond acceptors (Lipinski definition) is 9. The van der Waals surface area contributed by atoms with E-state index in [9.17, 15) is 24.2 Å². The maximum atomic E-state index is 12.5. The molecule has 0 heterocycles. The fourth-order valence-electron chi connectivity index (χ4n) is 4.45. The fraction of sp³-hybridized carbons (Fsp3) is 0.730. The third kappa shape index (κ3) is 32.5. The lowest BCUT2D eigenvalue weighted by atomic mass is 10.1. The van der Waals surface area contributed by atoms with Gasteiger partial charge in [-0.2, -0.15) is 0 Å². The normalized spacial score (nSPS) is 14.7. The van der Waals surface area contributed by atoms with Gasteiger partial charge in [-0.15, -0.1) is 0 Å². The van der Waals surface area contributed by atoms with Crippen LogP contribution in [0.1, 0.15) is 136 Å². The first-order valence-corrected chi connectivity index (χ1v) is 19.6. The van der Waals surface area contributed by atoms with Crippen molar-refractivity contribution in [2.45, 2.75) is 148 Å². The van der Waals surface area contributed by atoms with Gasteiger partial charge in [0.25, 0.3) is 0 Å². The summed E-state index contributed by atoms with van der Waals surface area (Å²) in [4.78, 5) is 34.7. The van der Waals surface area contributed by atoms with Crippen LogP contribution in [0, 0.1) is 0 Å². The van der Waals surface area contributed by atoms with E-state index in [1.165, 1.54) is 38.5 Å². The minimum absolute atomic E-state index is 0.175. The lowest BCUT2D eigenvalue weighted by Crippen LogP contribution is -2.29. The van der Waals surface area contributed by atoms with Gasteiger partial charge in [0, 0.05) is 12.8 Å². The van der Waals surface area contributed by atoms with Gasteiger partial charge in [-0.1, -0.05) is 120 Å². The average Bonchev–Trinajstić information content (AvgIpc) is 3.07. The van der Waals surface area contributed by atoms with Crippen molar-refractivity contribution in [3.63, 3.8) is 0 Å². The predicted octanol–water partition coefficient (Wildman–Crippen LogP) is 8.60. The maximum Gasteiger partial charge on any atom is 0.472 e. The molecule has 0 spiro atoms. The molecule has 0 aromatic rings. The highest BCUT2D eigenvalue weighted by Crippen LogP contribution is 2.43. The molecular formula is C37H65O10P. The van der Waals surface area contributed by atoms with Crippen molar-refractivity contribution in [2.24, 2.45) is 0 Å². The van der Waals surface area contributed by atoms with Crippen LogP contribution in [0.3, 0.4) is 0 Å². The van der Waals surface area contributed by atoms with Gasteiger partial charge in [0.15, 0.2) is 6.10 Å². The Kier molecular flexibility index (Phi) is 32.0. The molecule has 0 bridgehead atoms. The van der Waals surface area contributed by atoms with E-state index >= 15 is 0 Å². The van der Waals surface area contributed by atoms with Crippen LogP contribution in [0.2, 0.25) is 0 Å². The summed E-state index contributed by atoms with van der Waals surface area (Å²) >= 11 is 0. The van der Waals surface area contributed by atoms with Crippen LogP contribution in [-0.4, -0.2) is 65.7 Å². The minimum atomic E-state index is -4.62. The molecule has 1 unspecified atom stereocenters. The Labute approximate surface area is 290 Å². The second-order valence-corrected chi connectivity index (χ2v) is 13.3. The van der Waals surface area contributed by atoms with Crippen LogP contribution in [0.25, 0.3) is 0 Å². The van der Waals surface area contributed by atoms with Crippen molar-refractivity contribution in [3.05, 3.63) is 48.6 Å². The van der Waals surface area contributed by atoms with E-state index in [1.807, 2.05) is 0 Å². The molecule has 3 atom stereocenters. The highest BCUT2D eigenvalue weighted by Gasteiger charge is 2.27. The van der Waals surface area contributed by atoms with Gasteiger partial charge in [0.2, 0.25) is 0 Å². The topological polar surface area (TPSA) is 149 Å². The van der Waals surface area contributed by atoms with Crippen molar-refractivity contribution in [1.82, 2.24) is 0 Å². The Morgan fingerprint density at radius 1 is 0.646 bits per heavy atom. The molecule has 278 valence electrons. The lowest BCUT2D eigenvalue weighted by molar-refractivity contribution is -0.161. The quantitative estimate of drug-likeness (QED) is 0.0263. The Bertz CT molecular complexity index is 946. The molecule has 0 aliphatic heterocycles. The summed E-state index contributed by atoms with van der Waals surface area (Å²) < 4.78 is 32.4. The highest BCUT2D eigenvalue weighted by atomic mass is 31.2. The fourth-order valence-corrected chi connectivity index (χ4v) is 5.24. The van der Waals surface area contributed by atoms with Gasteiger partial charge in [0.1, 0.15) is 12.7 Å². The summed E-state index contributed by atoms with van der Waals surface area (Å²) in [6.07, 6.45) is 32.4. The van der Waals surface area contributed by atoms with E-state index < -0.39 is 51.8 Å². The summed E-state index contributed by atoms with van der Waals surface area (Å²) in [5, 5.41) is 18.2. The Morgan fingerprint density at radius 3 is 1.73 bits per heavy atom. The number of carbonyl (C=O) groups is 2. The summed E-state index contributed by atoms with van der Waals surface area (Å²) in [7, 11) is -4.62. The first-order chi connectivity index (χ1) is 23.2. The van der Waals surface area contributed by atoms with E-state index in [-0.39, 0.29) is 19.4 Å². The number of aliphatic hydroxyl groups is 2. The molecule has 0 aromatic carbocycles. The van der Waals surface area contributed by atoms with E-state index in [4.69, 9.17) is 19.1 Å². The van der Waals surface area contributed by atoms with Gasteiger partial charge >= 0.3 is 19.8 Å².